The van der Waals surface area contributed by atoms with Crippen LogP contribution in [0, 0.1) is 12.3 Å². The third kappa shape index (κ3) is 6.68. The highest BCUT2D eigenvalue weighted by Crippen LogP contribution is 2.26. The Morgan fingerprint density at radius 3 is 2.70 bits per heavy atom. The maximum absolute atomic E-state index is 13.2. The van der Waals surface area contributed by atoms with Crippen molar-refractivity contribution in [2.45, 2.75) is 54.0 Å². The predicted octanol–water partition coefficient (Wildman–Crippen LogP) is 4.74. The number of rotatable bonds is 7. The fraction of sp³-hybridized carbons (Fsp3) is 0.480. The molecule has 0 unspecified atom stereocenters. The van der Waals surface area contributed by atoms with Crippen molar-refractivity contribution in [2.24, 2.45) is 16.1 Å². The zero-order valence-electron chi connectivity index (χ0n) is 20.2. The van der Waals surface area contributed by atoms with E-state index in [4.69, 9.17) is 21.9 Å². The Kier molecular flexibility index (Phi) is 7.97. The number of carbonyl (C=O) groups is 1. The first kappa shape index (κ1) is 25.0. The summed E-state index contributed by atoms with van der Waals surface area (Å²) in [5, 5.41) is 6.88. The van der Waals surface area contributed by atoms with Crippen LogP contribution >= 0.6 is 11.6 Å². The minimum atomic E-state index is -0.432. The summed E-state index contributed by atoms with van der Waals surface area (Å²) in [4.78, 5) is 19.8. The van der Waals surface area contributed by atoms with Crippen molar-refractivity contribution in [2.75, 3.05) is 25.0 Å². The molecule has 2 aromatic rings. The first-order chi connectivity index (χ1) is 15.6. The van der Waals surface area contributed by atoms with Gasteiger partial charge >= 0.3 is 0 Å². The topological polar surface area (TPSA) is 96.8 Å². The van der Waals surface area contributed by atoms with Crippen LogP contribution in [0.3, 0.4) is 0 Å². The number of benzene rings is 1. The highest BCUT2D eigenvalue weighted by molar-refractivity contribution is 6.73. The summed E-state index contributed by atoms with van der Waals surface area (Å²) in [6, 6.07) is 7.70. The van der Waals surface area contributed by atoms with E-state index in [-0.39, 0.29) is 16.4 Å². The number of aryl methyl sites for hydroxylation is 1. The molecule has 7 nitrogen and oxygen atoms in total. The second-order valence-electron chi connectivity index (χ2n) is 9.65. The number of nitrogens with zero attached hydrogens (tertiary/aromatic N) is 3. The molecular weight excluding hydrogens is 438 g/mol. The predicted molar refractivity (Wildman–Crippen MR) is 134 cm³/mol. The molecule has 1 aliphatic heterocycles. The minimum Gasteiger partial charge on any atom is -0.396 e. The molecule has 0 radical (unpaired) electrons. The quantitative estimate of drug-likeness (QED) is 0.449. The SMILES string of the molecule is CCN=C(Cl)/C(C(=O)Nc1ccc2c(c1)CCN(CCC(C)(C)C)C2)=C(\N)c1cc(C)on1. The Hall–Kier alpha value is -2.64. The van der Waals surface area contributed by atoms with Crippen molar-refractivity contribution in [1.29, 1.82) is 0 Å². The van der Waals surface area contributed by atoms with Crippen LogP contribution in [-0.2, 0) is 17.8 Å². The van der Waals surface area contributed by atoms with Crippen LogP contribution in [0.2, 0.25) is 0 Å². The molecular formula is C25H34ClN5O2. The molecule has 0 saturated heterocycles. The van der Waals surface area contributed by atoms with Gasteiger partial charge in [0.1, 0.15) is 22.2 Å². The fourth-order valence-corrected chi connectivity index (χ4v) is 4.04. The van der Waals surface area contributed by atoms with Crippen LogP contribution in [0.15, 0.2) is 39.4 Å². The number of nitrogens with two attached hydrogens (primary N) is 1. The maximum atomic E-state index is 13.2. The van der Waals surface area contributed by atoms with Crippen molar-refractivity contribution in [3.8, 4) is 0 Å². The minimum absolute atomic E-state index is 0.0422. The summed E-state index contributed by atoms with van der Waals surface area (Å²) in [7, 11) is 0. The number of anilines is 1. The number of fused-ring (bicyclic) bond motifs is 1. The highest BCUT2D eigenvalue weighted by atomic mass is 35.5. The third-order valence-corrected chi connectivity index (χ3v) is 5.95. The van der Waals surface area contributed by atoms with Gasteiger partial charge in [0.05, 0.1) is 5.70 Å². The Morgan fingerprint density at radius 1 is 1.30 bits per heavy atom. The Balaban J connectivity index is 1.78. The van der Waals surface area contributed by atoms with Gasteiger partial charge in [-0.1, -0.05) is 43.6 Å². The van der Waals surface area contributed by atoms with Crippen LogP contribution in [0.25, 0.3) is 5.70 Å². The lowest BCUT2D eigenvalue weighted by Crippen LogP contribution is -2.33. The summed E-state index contributed by atoms with van der Waals surface area (Å²) in [5.74, 6) is 0.153. The molecule has 1 aromatic heterocycles. The molecule has 1 aromatic carbocycles. The molecule has 0 fully saturated rings. The molecule has 0 bridgehead atoms. The van der Waals surface area contributed by atoms with Gasteiger partial charge in [0, 0.05) is 31.4 Å². The monoisotopic (exact) mass is 471 g/mol. The molecule has 0 saturated carbocycles. The number of carbonyl (C=O) groups excluding carboxylic acids is 1. The van der Waals surface area contributed by atoms with E-state index >= 15 is 0 Å². The molecule has 178 valence electrons. The smallest absolute Gasteiger partial charge is 0.260 e. The molecule has 33 heavy (non-hydrogen) atoms. The largest absolute Gasteiger partial charge is 0.396 e. The van der Waals surface area contributed by atoms with E-state index in [1.807, 2.05) is 19.1 Å². The average Bonchev–Trinajstić information content (AvgIpc) is 3.18. The zero-order valence-corrected chi connectivity index (χ0v) is 20.9. The Labute approximate surface area is 201 Å². The van der Waals surface area contributed by atoms with E-state index in [1.54, 1.807) is 13.0 Å². The van der Waals surface area contributed by atoms with Crippen LogP contribution in [0.1, 0.15) is 56.7 Å². The van der Waals surface area contributed by atoms with Crippen molar-refractivity contribution < 1.29 is 9.32 Å². The maximum Gasteiger partial charge on any atom is 0.260 e. The van der Waals surface area contributed by atoms with E-state index in [9.17, 15) is 4.79 Å². The highest BCUT2D eigenvalue weighted by Gasteiger charge is 2.23. The lowest BCUT2D eigenvalue weighted by atomic mass is 9.91. The zero-order chi connectivity index (χ0) is 24.2. The number of aliphatic imine (C=N–C) groups is 1. The normalized spacial score (nSPS) is 15.8. The van der Waals surface area contributed by atoms with Crippen LogP contribution in [0.4, 0.5) is 5.69 Å². The van der Waals surface area contributed by atoms with Crippen LogP contribution in [-0.4, -0.2) is 40.8 Å². The number of halogens is 1. The van der Waals surface area contributed by atoms with E-state index < -0.39 is 5.91 Å². The standard InChI is InChI=1S/C25H34ClN5O2/c1-6-28-23(26)21(22(27)20-13-16(2)33-30-20)24(32)29-19-8-7-18-15-31(11-9-17(18)14-19)12-10-25(3,4)5/h7-8,13-14H,6,9-12,15,27H2,1-5H3,(H,29,32)/b22-21+,28-23?. The molecule has 1 amide bonds. The summed E-state index contributed by atoms with van der Waals surface area (Å²) < 4.78 is 5.10. The Morgan fingerprint density at radius 2 is 2.06 bits per heavy atom. The number of hydrogen-bond acceptors (Lipinski definition) is 6. The second kappa shape index (κ2) is 10.5. The first-order valence-corrected chi connectivity index (χ1v) is 11.7. The van der Waals surface area contributed by atoms with Gasteiger partial charge in [-0.3, -0.25) is 14.7 Å². The second-order valence-corrected chi connectivity index (χ2v) is 10.0. The summed E-state index contributed by atoms with van der Waals surface area (Å²) in [5.41, 5.74) is 10.4. The van der Waals surface area contributed by atoms with Gasteiger partial charge in [-0.05, 0) is 61.9 Å². The molecule has 0 spiro atoms. The van der Waals surface area contributed by atoms with Crippen LogP contribution in [0.5, 0.6) is 0 Å². The summed E-state index contributed by atoms with van der Waals surface area (Å²) >= 11 is 6.34. The molecule has 3 N–H and O–H groups in total. The first-order valence-electron chi connectivity index (χ1n) is 11.4. The van der Waals surface area contributed by atoms with Gasteiger partial charge < -0.3 is 15.6 Å². The van der Waals surface area contributed by atoms with E-state index in [1.165, 1.54) is 11.1 Å². The van der Waals surface area contributed by atoms with Gasteiger partial charge in [-0.2, -0.15) is 0 Å². The molecule has 3 rings (SSSR count). The fourth-order valence-electron chi connectivity index (χ4n) is 3.73. The lowest BCUT2D eigenvalue weighted by molar-refractivity contribution is -0.112. The van der Waals surface area contributed by atoms with Crippen molar-refractivity contribution in [3.05, 3.63) is 52.4 Å². The van der Waals surface area contributed by atoms with Gasteiger partial charge in [0.25, 0.3) is 5.91 Å². The van der Waals surface area contributed by atoms with Crippen LogP contribution < -0.4 is 11.1 Å². The van der Waals surface area contributed by atoms with Gasteiger partial charge in [0.2, 0.25) is 0 Å². The van der Waals surface area contributed by atoms with Crippen molar-refractivity contribution >= 4 is 34.1 Å². The molecule has 0 atom stereocenters. The summed E-state index contributed by atoms with van der Waals surface area (Å²) in [6.07, 6.45) is 2.11. The molecule has 0 aliphatic carbocycles. The van der Waals surface area contributed by atoms with Crippen molar-refractivity contribution in [1.82, 2.24) is 10.1 Å². The Bertz CT molecular complexity index is 1060. The third-order valence-electron chi connectivity index (χ3n) is 5.64. The van der Waals surface area contributed by atoms with Gasteiger partial charge in [-0.15, -0.1) is 0 Å². The van der Waals surface area contributed by atoms with Crippen molar-refractivity contribution in [3.63, 3.8) is 0 Å². The molecule has 8 heteroatoms. The molecule has 1 aliphatic rings. The number of hydrogen-bond donors (Lipinski definition) is 2. The van der Waals surface area contributed by atoms with Gasteiger partial charge in [0.15, 0.2) is 0 Å². The van der Waals surface area contributed by atoms with Gasteiger partial charge in [-0.25, -0.2) is 0 Å². The van der Waals surface area contributed by atoms with E-state index in [0.717, 1.165) is 32.5 Å². The lowest BCUT2D eigenvalue weighted by Gasteiger charge is -2.31. The molecule has 2 heterocycles. The number of amides is 1. The number of aromatic nitrogens is 1. The van der Waals surface area contributed by atoms with E-state index in [0.29, 0.717) is 29.1 Å². The van der Waals surface area contributed by atoms with E-state index in [2.05, 4.69) is 47.2 Å². The average molecular weight is 472 g/mol. The number of nitrogens with one attached hydrogen (secondary N) is 1. The summed E-state index contributed by atoms with van der Waals surface area (Å²) in [6.45, 7) is 13.9.